The third-order valence-electron chi connectivity index (χ3n) is 3.78. The molecule has 0 saturated heterocycles. The molecule has 5 heteroatoms. The monoisotopic (exact) mass is 374 g/mol. The zero-order valence-corrected chi connectivity index (χ0v) is 15.8. The zero-order chi connectivity index (χ0) is 19.2. The maximum atomic E-state index is 12.6. The Balaban J connectivity index is 1.76. The van der Waals surface area contributed by atoms with E-state index in [0.717, 1.165) is 16.0 Å². The average Bonchev–Trinajstić information content (AvgIpc) is 3.15. The lowest BCUT2D eigenvalue weighted by atomic mass is 10.1. The molecule has 4 nitrogen and oxygen atoms in total. The van der Waals surface area contributed by atoms with Gasteiger partial charge in [-0.1, -0.05) is 30.0 Å². The van der Waals surface area contributed by atoms with E-state index in [1.54, 1.807) is 23.5 Å². The third-order valence-corrected chi connectivity index (χ3v) is 4.57. The number of benzene rings is 2. The summed E-state index contributed by atoms with van der Waals surface area (Å²) in [5.41, 5.74) is 3.49. The molecule has 1 aromatic heterocycles. The first-order valence-electron chi connectivity index (χ1n) is 8.36. The van der Waals surface area contributed by atoms with Crippen molar-refractivity contribution in [3.8, 4) is 11.8 Å². The predicted octanol–water partition coefficient (Wildman–Crippen LogP) is 4.67. The lowest BCUT2D eigenvalue weighted by molar-refractivity contribution is -0.114. The molecule has 27 heavy (non-hydrogen) atoms. The molecule has 1 heterocycles. The van der Waals surface area contributed by atoms with Crippen molar-refractivity contribution in [3.63, 3.8) is 0 Å². The van der Waals surface area contributed by atoms with Crippen LogP contribution in [0.4, 0.5) is 11.4 Å². The Morgan fingerprint density at radius 1 is 0.963 bits per heavy atom. The summed E-state index contributed by atoms with van der Waals surface area (Å²) in [6, 6.07) is 16.5. The normalized spacial score (nSPS) is 9.85. The zero-order valence-electron chi connectivity index (χ0n) is 15.0. The van der Waals surface area contributed by atoms with Crippen molar-refractivity contribution in [2.24, 2.45) is 0 Å². The van der Waals surface area contributed by atoms with Crippen LogP contribution in [0.2, 0.25) is 0 Å². The maximum Gasteiger partial charge on any atom is 0.255 e. The van der Waals surface area contributed by atoms with Crippen molar-refractivity contribution < 1.29 is 9.59 Å². The van der Waals surface area contributed by atoms with E-state index in [1.165, 1.54) is 6.92 Å². The van der Waals surface area contributed by atoms with Crippen LogP contribution >= 0.6 is 11.3 Å². The Bertz CT molecular complexity index is 1040. The highest BCUT2D eigenvalue weighted by Crippen LogP contribution is 2.19. The molecule has 2 aromatic carbocycles. The van der Waals surface area contributed by atoms with Crippen molar-refractivity contribution in [2.45, 2.75) is 13.8 Å². The van der Waals surface area contributed by atoms with E-state index >= 15 is 0 Å². The second-order valence-electron chi connectivity index (χ2n) is 5.97. The van der Waals surface area contributed by atoms with Crippen LogP contribution in [-0.4, -0.2) is 11.8 Å². The third kappa shape index (κ3) is 5.06. The summed E-state index contributed by atoms with van der Waals surface area (Å²) in [5, 5.41) is 7.59. The first-order chi connectivity index (χ1) is 13.0. The molecular formula is C22H18N2O2S. The average molecular weight is 374 g/mol. The van der Waals surface area contributed by atoms with Crippen LogP contribution in [0.3, 0.4) is 0 Å². The van der Waals surface area contributed by atoms with E-state index in [4.69, 9.17) is 0 Å². The summed E-state index contributed by atoms with van der Waals surface area (Å²) >= 11 is 1.59. The number of rotatable bonds is 3. The Labute approximate surface area is 162 Å². The van der Waals surface area contributed by atoms with Gasteiger partial charge in [-0.2, -0.15) is 0 Å². The SMILES string of the molecule is CC(=O)Nc1cc(C(=O)Nc2cccc(C#Cc3cccs3)c2)ccc1C. The Hall–Kier alpha value is -3.36. The molecule has 0 aliphatic rings. The minimum atomic E-state index is -0.245. The van der Waals surface area contributed by atoms with Gasteiger partial charge in [0.2, 0.25) is 5.91 Å². The van der Waals surface area contributed by atoms with Gasteiger partial charge < -0.3 is 10.6 Å². The van der Waals surface area contributed by atoms with Crippen molar-refractivity contribution in [3.05, 3.63) is 81.5 Å². The number of amides is 2. The van der Waals surface area contributed by atoms with Crippen LogP contribution in [0.15, 0.2) is 60.0 Å². The number of hydrogen-bond acceptors (Lipinski definition) is 3. The Kier molecular flexibility index (Phi) is 5.70. The van der Waals surface area contributed by atoms with Gasteiger partial charge in [0.1, 0.15) is 0 Å². The fourth-order valence-electron chi connectivity index (χ4n) is 2.45. The molecule has 0 saturated carbocycles. The molecule has 3 rings (SSSR count). The highest BCUT2D eigenvalue weighted by molar-refractivity contribution is 7.10. The van der Waals surface area contributed by atoms with Crippen LogP contribution in [0, 0.1) is 18.8 Å². The first kappa shape index (κ1) is 18.4. The highest BCUT2D eigenvalue weighted by atomic mass is 32.1. The lowest BCUT2D eigenvalue weighted by Crippen LogP contribution is -2.13. The molecular weight excluding hydrogens is 356 g/mol. The topological polar surface area (TPSA) is 58.2 Å². The second-order valence-corrected chi connectivity index (χ2v) is 6.92. The number of aryl methyl sites for hydroxylation is 1. The van der Waals surface area contributed by atoms with Gasteiger partial charge in [0.25, 0.3) is 5.91 Å². The molecule has 0 fully saturated rings. The van der Waals surface area contributed by atoms with Crippen molar-refractivity contribution >= 4 is 34.5 Å². The molecule has 0 aliphatic carbocycles. The quantitative estimate of drug-likeness (QED) is 0.655. The number of carbonyl (C=O) groups is 2. The lowest BCUT2D eigenvalue weighted by Gasteiger charge is -2.10. The molecule has 0 radical (unpaired) electrons. The van der Waals surface area contributed by atoms with Crippen LogP contribution in [0.25, 0.3) is 0 Å². The van der Waals surface area contributed by atoms with E-state index in [1.807, 2.05) is 54.8 Å². The molecule has 0 atom stereocenters. The van der Waals surface area contributed by atoms with Crippen LogP contribution in [0.1, 0.15) is 33.3 Å². The highest BCUT2D eigenvalue weighted by Gasteiger charge is 2.09. The van der Waals surface area contributed by atoms with Gasteiger partial charge in [-0.25, -0.2) is 0 Å². The van der Waals surface area contributed by atoms with Crippen molar-refractivity contribution in [1.29, 1.82) is 0 Å². The summed E-state index contributed by atoms with van der Waals surface area (Å²) in [5.74, 6) is 5.78. The van der Waals surface area contributed by atoms with Crippen LogP contribution in [-0.2, 0) is 4.79 Å². The van der Waals surface area contributed by atoms with E-state index in [0.29, 0.717) is 16.9 Å². The molecule has 0 spiro atoms. The Morgan fingerprint density at radius 2 is 1.81 bits per heavy atom. The van der Waals surface area contributed by atoms with Gasteiger partial charge in [-0.3, -0.25) is 9.59 Å². The molecule has 0 bridgehead atoms. The fraction of sp³-hybridized carbons (Fsp3) is 0.0909. The van der Waals surface area contributed by atoms with Crippen LogP contribution in [0.5, 0.6) is 0 Å². The first-order valence-corrected chi connectivity index (χ1v) is 9.24. The van der Waals surface area contributed by atoms with Gasteiger partial charge in [0, 0.05) is 29.4 Å². The van der Waals surface area contributed by atoms with Crippen molar-refractivity contribution in [2.75, 3.05) is 10.6 Å². The van der Waals surface area contributed by atoms with E-state index in [-0.39, 0.29) is 11.8 Å². The molecule has 0 unspecified atom stereocenters. The maximum absolute atomic E-state index is 12.6. The molecule has 3 aromatic rings. The standard InChI is InChI=1S/C22H18N2O2S/c1-15-8-10-18(14-21(15)23-16(2)25)22(26)24-19-6-3-5-17(13-19)9-11-20-7-4-12-27-20/h3-8,10,12-14H,1-2H3,(H,23,25)(H,24,26). The smallest absolute Gasteiger partial charge is 0.255 e. The summed E-state index contributed by atoms with van der Waals surface area (Å²) in [6.45, 7) is 3.32. The summed E-state index contributed by atoms with van der Waals surface area (Å²) in [4.78, 5) is 24.9. The predicted molar refractivity (Wildman–Crippen MR) is 110 cm³/mol. The minimum absolute atomic E-state index is 0.173. The number of anilines is 2. The largest absolute Gasteiger partial charge is 0.326 e. The molecule has 0 aliphatic heterocycles. The Morgan fingerprint density at radius 3 is 2.56 bits per heavy atom. The van der Waals surface area contributed by atoms with Gasteiger partial charge in [-0.05, 0) is 54.3 Å². The molecule has 2 N–H and O–H groups in total. The van der Waals surface area contributed by atoms with Gasteiger partial charge in [0.05, 0.1) is 4.88 Å². The summed E-state index contributed by atoms with van der Waals surface area (Å²) in [6.07, 6.45) is 0. The summed E-state index contributed by atoms with van der Waals surface area (Å²) < 4.78 is 0. The summed E-state index contributed by atoms with van der Waals surface area (Å²) in [7, 11) is 0. The fourth-order valence-corrected chi connectivity index (χ4v) is 3.02. The van der Waals surface area contributed by atoms with Gasteiger partial charge >= 0.3 is 0 Å². The number of hydrogen-bond donors (Lipinski definition) is 2. The number of carbonyl (C=O) groups excluding carboxylic acids is 2. The van der Waals surface area contributed by atoms with Crippen molar-refractivity contribution in [1.82, 2.24) is 0 Å². The van der Waals surface area contributed by atoms with Crippen LogP contribution < -0.4 is 10.6 Å². The number of thiophene rings is 1. The van der Waals surface area contributed by atoms with E-state index < -0.39 is 0 Å². The van der Waals surface area contributed by atoms with E-state index in [2.05, 4.69) is 22.5 Å². The second kappa shape index (κ2) is 8.35. The van der Waals surface area contributed by atoms with E-state index in [9.17, 15) is 9.59 Å². The number of nitrogens with one attached hydrogen (secondary N) is 2. The molecule has 2 amide bonds. The van der Waals surface area contributed by atoms with Gasteiger partial charge in [0.15, 0.2) is 0 Å². The molecule has 134 valence electrons. The van der Waals surface area contributed by atoms with Gasteiger partial charge in [-0.15, -0.1) is 11.3 Å². The minimum Gasteiger partial charge on any atom is -0.326 e.